The molecule has 0 bridgehead atoms. The molecule has 2 aliphatic rings. The molecule has 1 fully saturated rings. The van der Waals surface area contributed by atoms with Crippen LogP contribution in [0.4, 0.5) is 0 Å². The molecule has 1 N–H and O–H groups in total. The SMILES string of the molecule is CCOC(=O)[C@@H]1CCCN1C(=O)[C@H](C)NC(=O)CCCC1=CC=CC1. The van der Waals surface area contributed by atoms with Crippen molar-refractivity contribution in [1.82, 2.24) is 10.2 Å². The number of likely N-dealkylation sites (tertiary alicyclic amines) is 1. The van der Waals surface area contributed by atoms with Gasteiger partial charge in [-0.15, -0.1) is 0 Å². The highest BCUT2D eigenvalue weighted by Gasteiger charge is 2.37. The molecule has 0 aromatic carbocycles. The van der Waals surface area contributed by atoms with Crippen LogP contribution < -0.4 is 5.32 Å². The molecule has 25 heavy (non-hydrogen) atoms. The van der Waals surface area contributed by atoms with Crippen molar-refractivity contribution >= 4 is 17.8 Å². The molecule has 0 unspecified atom stereocenters. The Hall–Kier alpha value is -2.11. The van der Waals surface area contributed by atoms with Gasteiger partial charge >= 0.3 is 5.97 Å². The molecule has 0 radical (unpaired) electrons. The van der Waals surface area contributed by atoms with Crippen molar-refractivity contribution in [3.63, 3.8) is 0 Å². The molecule has 2 amide bonds. The van der Waals surface area contributed by atoms with E-state index >= 15 is 0 Å². The zero-order chi connectivity index (χ0) is 18.2. The number of ether oxygens (including phenoxy) is 1. The second-order valence-corrected chi connectivity index (χ2v) is 6.54. The standard InChI is InChI=1S/C19H28N2O4/c1-3-25-19(24)16-11-7-13-21(16)18(23)14(2)20-17(22)12-6-10-15-8-4-5-9-15/h4-5,8,14,16H,3,6-7,9-13H2,1-2H3,(H,20,22)/t14-,16-/m0/s1. The Kier molecular flexibility index (Phi) is 7.22. The molecule has 1 aliphatic carbocycles. The van der Waals surface area contributed by atoms with Crippen LogP contribution in [0.1, 0.15) is 52.4 Å². The number of allylic oxidation sites excluding steroid dienone is 4. The van der Waals surface area contributed by atoms with Crippen molar-refractivity contribution in [1.29, 1.82) is 0 Å². The summed E-state index contributed by atoms with van der Waals surface area (Å²) in [5.74, 6) is -0.698. The number of nitrogens with zero attached hydrogens (tertiary/aromatic N) is 1. The molecule has 0 aromatic rings. The van der Waals surface area contributed by atoms with Crippen molar-refractivity contribution in [2.24, 2.45) is 0 Å². The van der Waals surface area contributed by atoms with Gasteiger partial charge in [0.15, 0.2) is 0 Å². The van der Waals surface area contributed by atoms with Crippen molar-refractivity contribution < 1.29 is 19.1 Å². The summed E-state index contributed by atoms with van der Waals surface area (Å²) in [6, 6.07) is -1.15. The smallest absolute Gasteiger partial charge is 0.328 e. The quantitative estimate of drug-likeness (QED) is 0.682. The third kappa shape index (κ3) is 5.44. The fourth-order valence-corrected chi connectivity index (χ4v) is 3.29. The van der Waals surface area contributed by atoms with E-state index in [1.54, 1.807) is 13.8 Å². The van der Waals surface area contributed by atoms with E-state index in [-0.39, 0.29) is 17.8 Å². The lowest BCUT2D eigenvalue weighted by atomic mass is 10.1. The number of hydrogen-bond donors (Lipinski definition) is 1. The van der Waals surface area contributed by atoms with Gasteiger partial charge in [-0.25, -0.2) is 4.79 Å². The first-order valence-corrected chi connectivity index (χ1v) is 9.14. The zero-order valence-corrected chi connectivity index (χ0v) is 15.1. The molecular formula is C19H28N2O4. The molecule has 138 valence electrons. The fraction of sp³-hybridized carbons (Fsp3) is 0.632. The summed E-state index contributed by atoms with van der Waals surface area (Å²) >= 11 is 0. The van der Waals surface area contributed by atoms with Gasteiger partial charge in [0, 0.05) is 13.0 Å². The molecule has 6 nitrogen and oxygen atoms in total. The normalized spacial score (nSPS) is 20.3. The van der Waals surface area contributed by atoms with Crippen LogP contribution in [0.3, 0.4) is 0 Å². The first-order valence-electron chi connectivity index (χ1n) is 9.14. The second kappa shape index (κ2) is 9.39. The summed E-state index contributed by atoms with van der Waals surface area (Å²) < 4.78 is 5.04. The van der Waals surface area contributed by atoms with Crippen molar-refractivity contribution in [2.75, 3.05) is 13.2 Å². The van der Waals surface area contributed by atoms with E-state index in [0.29, 0.717) is 26.0 Å². The lowest BCUT2D eigenvalue weighted by Crippen LogP contribution is -2.50. The van der Waals surface area contributed by atoms with E-state index in [9.17, 15) is 14.4 Å². The van der Waals surface area contributed by atoms with Gasteiger partial charge in [-0.2, -0.15) is 0 Å². The summed E-state index contributed by atoms with van der Waals surface area (Å²) in [5.41, 5.74) is 1.34. The Bertz CT molecular complexity index is 568. The topological polar surface area (TPSA) is 75.7 Å². The van der Waals surface area contributed by atoms with Gasteiger partial charge in [0.2, 0.25) is 11.8 Å². The van der Waals surface area contributed by atoms with Gasteiger partial charge in [0.1, 0.15) is 12.1 Å². The number of nitrogens with one attached hydrogen (secondary N) is 1. The molecule has 1 aliphatic heterocycles. The van der Waals surface area contributed by atoms with Gasteiger partial charge in [-0.1, -0.05) is 23.8 Å². The summed E-state index contributed by atoms with van der Waals surface area (Å²) in [6.07, 6.45) is 10.7. The van der Waals surface area contributed by atoms with Gasteiger partial charge in [0.05, 0.1) is 6.61 Å². The second-order valence-electron chi connectivity index (χ2n) is 6.54. The van der Waals surface area contributed by atoms with Crippen LogP contribution >= 0.6 is 0 Å². The van der Waals surface area contributed by atoms with Crippen LogP contribution in [0.15, 0.2) is 23.8 Å². The Morgan fingerprint density at radius 3 is 2.88 bits per heavy atom. The highest BCUT2D eigenvalue weighted by atomic mass is 16.5. The van der Waals surface area contributed by atoms with Crippen LogP contribution in [0.25, 0.3) is 0 Å². The third-order valence-electron chi connectivity index (χ3n) is 4.59. The lowest BCUT2D eigenvalue weighted by molar-refractivity contribution is -0.153. The van der Waals surface area contributed by atoms with E-state index in [2.05, 4.69) is 17.5 Å². The highest BCUT2D eigenvalue weighted by Crippen LogP contribution is 2.20. The maximum absolute atomic E-state index is 12.6. The molecule has 6 heteroatoms. The maximum atomic E-state index is 12.6. The zero-order valence-electron chi connectivity index (χ0n) is 15.1. The molecule has 1 saturated heterocycles. The first-order chi connectivity index (χ1) is 12.0. The van der Waals surface area contributed by atoms with Crippen LogP contribution in [0.2, 0.25) is 0 Å². The Morgan fingerprint density at radius 2 is 2.20 bits per heavy atom. The molecule has 2 atom stereocenters. The monoisotopic (exact) mass is 348 g/mol. The Labute approximate surface area is 149 Å². The van der Waals surface area contributed by atoms with Gasteiger partial charge in [0.25, 0.3) is 0 Å². The number of carbonyl (C=O) groups is 3. The van der Waals surface area contributed by atoms with E-state index in [4.69, 9.17) is 4.74 Å². The molecule has 0 saturated carbocycles. The molecule has 1 heterocycles. The van der Waals surface area contributed by atoms with Crippen molar-refractivity contribution in [2.45, 2.75) is 64.5 Å². The highest BCUT2D eigenvalue weighted by molar-refractivity contribution is 5.90. The minimum absolute atomic E-state index is 0.126. The first kappa shape index (κ1) is 19.2. The predicted molar refractivity (Wildman–Crippen MR) is 94.7 cm³/mol. The molecular weight excluding hydrogens is 320 g/mol. The summed E-state index contributed by atoms with van der Waals surface area (Å²) in [6.45, 7) is 4.25. The van der Waals surface area contributed by atoms with Crippen LogP contribution in [0, 0.1) is 0 Å². The van der Waals surface area contributed by atoms with Gasteiger partial charge < -0.3 is 15.0 Å². The van der Waals surface area contributed by atoms with E-state index in [1.807, 2.05) is 6.08 Å². The Morgan fingerprint density at radius 1 is 1.40 bits per heavy atom. The number of carbonyl (C=O) groups excluding carboxylic acids is 3. The lowest BCUT2D eigenvalue weighted by Gasteiger charge is -2.26. The Balaban J connectivity index is 1.76. The number of esters is 1. The summed E-state index contributed by atoms with van der Waals surface area (Å²) in [4.78, 5) is 38.1. The van der Waals surface area contributed by atoms with E-state index in [0.717, 1.165) is 25.7 Å². The minimum Gasteiger partial charge on any atom is -0.464 e. The number of rotatable bonds is 8. The molecule has 0 spiro atoms. The maximum Gasteiger partial charge on any atom is 0.328 e. The third-order valence-corrected chi connectivity index (χ3v) is 4.59. The van der Waals surface area contributed by atoms with Crippen LogP contribution in [-0.4, -0.2) is 47.9 Å². The van der Waals surface area contributed by atoms with Crippen molar-refractivity contribution in [3.05, 3.63) is 23.8 Å². The largest absolute Gasteiger partial charge is 0.464 e. The summed E-state index contributed by atoms with van der Waals surface area (Å²) in [5, 5.41) is 2.76. The minimum atomic E-state index is -0.630. The van der Waals surface area contributed by atoms with E-state index < -0.39 is 12.1 Å². The average molecular weight is 348 g/mol. The predicted octanol–water partition coefficient (Wildman–Crippen LogP) is 2.10. The summed E-state index contributed by atoms with van der Waals surface area (Å²) in [7, 11) is 0. The van der Waals surface area contributed by atoms with Crippen LogP contribution in [-0.2, 0) is 19.1 Å². The number of amides is 2. The number of hydrogen-bond acceptors (Lipinski definition) is 4. The van der Waals surface area contributed by atoms with Crippen molar-refractivity contribution in [3.8, 4) is 0 Å². The van der Waals surface area contributed by atoms with E-state index in [1.165, 1.54) is 10.5 Å². The van der Waals surface area contributed by atoms with Gasteiger partial charge in [-0.05, 0) is 46.0 Å². The fourth-order valence-electron chi connectivity index (χ4n) is 3.29. The molecule has 2 rings (SSSR count). The molecule has 0 aromatic heterocycles. The van der Waals surface area contributed by atoms with Crippen LogP contribution in [0.5, 0.6) is 0 Å². The average Bonchev–Trinajstić information content (AvgIpc) is 3.25. The van der Waals surface area contributed by atoms with Gasteiger partial charge in [-0.3, -0.25) is 9.59 Å².